The Morgan fingerprint density at radius 2 is 1.93 bits per heavy atom. The molecule has 0 aliphatic carbocycles. The number of likely N-dealkylation sites (N-methyl/N-ethyl adjacent to an activating group) is 2. The molecule has 2 N–H and O–H groups in total. The van der Waals surface area contributed by atoms with Gasteiger partial charge in [-0.15, -0.1) is 0 Å². The van der Waals surface area contributed by atoms with Crippen LogP contribution in [0.5, 0.6) is 0 Å². The molecule has 0 bridgehead atoms. The Kier molecular flexibility index (Phi) is 5.08. The molecular formula is C10H23N3O. The van der Waals surface area contributed by atoms with Gasteiger partial charge in [0.15, 0.2) is 0 Å². The maximum atomic E-state index is 11.5. The smallest absolute Gasteiger partial charge is 0.236 e. The summed E-state index contributed by atoms with van der Waals surface area (Å²) >= 11 is 0. The van der Waals surface area contributed by atoms with E-state index in [1.165, 1.54) is 0 Å². The fourth-order valence-electron chi connectivity index (χ4n) is 0.746. The van der Waals surface area contributed by atoms with Crippen molar-refractivity contribution < 1.29 is 4.79 Å². The van der Waals surface area contributed by atoms with Crippen LogP contribution in [0, 0.1) is 0 Å². The molecule has 1 unspecified atom stereocenters. The van der Waals surface area contributed by atoms with Crippen molar-refractivity contribution in [3.05, 3.63) is 0 Å². The molecule has 0 saturated carbocycles. The molecule has 0 aliphatic rings. The van der Waals surface area contributed by atoms with Crippen LogP contribution in [0.1, 0.15) is 20.8 Å². The first kappa shape index (κ1) is 13.4. The van der Waals surface area contributed by atoms with E-state index in [1.54, 1.807) is 7.05 Å². The molecule has 0 fully saturated rings. The predicted molar refractivity (Wildman–Crippen MR) is 59.3 cm³/mol. The Morgan fingerprint density at radius 3 is 2.29 bits per heavy atom. The Labute approximate surface area is 87.0 Å². The Balaban J connectivity index is 4.00. The number of hydrogen-bond acceptors (Lipinski definition) is 3. The van der Waals surface area contributed by atoms with E-state index in [9.17, 15) is 4.79 Å². The summed E-state index contributed by atoms with van der Waals surface area (Å²) in [6.07, 6.45) is 0. The van der Waals surface area contributed by atoms with Crippen LogP contribution in [0.15, 0.2) is 0 Å². The van der Waals surface area contributed by atoms with Crippen molar-refractivity contribution in [3.63, 3.8) is 0 Å². The lowest BCUT2D eigenvalue weighted by Gasteiger charge is -2.33. The summed E-state index contributed by atoms with van der Waals surface area (Å²) in [5, 5.41) is 5.82. The van der Waals surface area contributed by atoms with Crippen LogP contribution in [0.2, 0.25) is 0 Å². The lowest BCUT2D eigenvalue weighted by atomic mass is 10.0. The molecule has 0 radical (unpaired) electrons. The van der Waals surface area contributed by atoms with E-state index in [0.717, 1.165) is 0 Å². The normalized spacial score (nSPS) is 14.2. The quantitative estimate of drug-likeness (QED) is 0.660. The second-order valence-corrected chi connectivity index (χ2v) is 4.44. The van der Waals surface area contributed by atoms with Crippen LogP contribution in [0.4, 0.5) is 0 Å². The Bertz CT molecular complexity index is 190. The minimum absolute atomic E-state index is 0.0108. The van der Waals surface area contributed by atoms with Gasteiger partial charge < -0.3 is 15.5 Å². The van der Waals surface area contributed by atoms with Crippen molar-refractivity contribution >= 4 is 5.91 Å². The molecule has 14 heavy (non-hydrogen) atoms. The van der Waals surface area contributed by atoms with Crippen LogP contribution in [-0.2, 0) is 4.79 Å². The first-order valence-electron chi connectivity index (χ1n) is 4.93. The van der Waals surface area contributed by atoms with Gasteiger partial charge in [0.1, 0.15) is 0 Å². The number of carbonyl (C=O) groups excluding carboxylic acids is 1. The molecule has 0 saturated heterocycles. The summed E-state index contributed by atoms with van der Waals surface area (Å²) in [6, 6.07) is -0.132. The van der Waals surface area contributed by atoms with Crippen molar-refractivity contribution in [2.24, 2.45) is 0 Å². The number of carbonyl (C=O) groups is 1. The summed E-state index contributed by atoms with van der Waals surface area (Å²) in [6.45, 7) is 6.69. The van der Waals surface area contributed by atoms with Gasteiger partial charge >= 0.3 is 0 Å². The number of rotatable bonds is 5. The van der Waals surface area contributed by atoms with E-state index in [4.69, 9.17) is 0 Å². The summed E-state index contributed by atoms with van der Waals surface area (Å²) < 4.78 is 0. The van der Waals surface area contributed by atoms with Crippen molar-refractivity contribution in [2.75, 3.05) is 27.7 Å². The van der Waals surface area contributed by atoms with E-state index in [1.807, 2.05) is 21.0 Å². The van der Waals surface area contributed by atoms with Crippen LogP contribution >= 0.6 is 0 Å². The van der Waals surface area contributed by atoms with Crippen molar-refractivity contribution in [1.82, 2.24) is 15.5 Å². The largest absolute Gasteiger partial charge is 0.353 e. The maximum Gasteiger partial charge on any atom is 0.236 e. The van der Waals surface area contributed by atoms with Crippen molar-refractivity contribution in [1.29, 1.82) is 0 Å². The first-order chi connectivity index (χ1) is 6.31. The molecular weight excluding hydrogens is 178 g/mol. The molecule has 1 amide bonds. The first-order valence-corrected chi connectivity index (χ1v) is 4.93. The minimum atomic E-state index is -0.132. The molecule has 0 aliphatic heterocycles. The average molecular weight is 201 g/mol. The number of amides is 1. The van der Waals surface area contributed by atoms with Crippen LogP contribution in [0.3, 0.4) is 0 Å². The highest BCUT2D eigenvalue weighted by molar-refractivity contribution is 5.81. The maximum absolute atomic E-state index is 11.5. The van der Waals surface area contributed by atoms with Crippen LogP contribution < -0.4 is 10.6 Å². The lowest BCUT2D eigenvalue weighted by Crippen LogP contribution is -2.51. The molecule has 84 valence electrons. The summed E-state index contributed by atoms with van der Waals surface area (Å²) in [4.78, 5) is 13.5. The van der Waals surface area contributed by atoms with Crippen LogP contribution in [0.25, 0.3) is 0 Å². The third-order valence-electron chi connectivity index (χ3n) is 2.73. The topological polar surface area (TPSA) is 44.4 Å². The Hall–Kier alpha value is -0.610. The van der Waals surface area contributed by atoms with Gasteiger partial charge in [0.2, 0.25) is 5.91 Å². The minimum Gasteiger partial charge on any atom is -0.353 e. The highest BCUT2D eigenvalue weighted by atomic mass is 16.2. The molecule has 0 aromatic carbocycles. The van der Waals surface area contributed by atoms with Crippen LogP contribution in [-0.4, -0.2) is 50.1 Å². The van der Waals surface area contributed by atoms with Crippen molar-refractivity contribution in [2.45, 2.75) is 32.4 Å². The zero-order valence-corrected chi connectivity index (χ0v) is 10.1. The van der Waals surface area contributed by atoms with Gasteiger partial charge in [-0.2, -0.15) is 0 Å². The fourth-order valence-corrected chi connectivity index (χ4v) is 0.746. The van der Waals surface area contributed by atoms with Crippen molar-refractivity contribution in [3.8, 4) is 0 Å². The van der Waals surface area contributed by atoms with E-state index in [-0.39, 0.29) is 17.5 Å². The zero-order chi connectivity index (χ0) is 11.4. The van der Waals surface area contributed by atoms with Gasteiger partial charge in [0, 0.05) is 12.1 Å². The average Bonchev–Trinajstić information content (AvgIpc) is 2.12. The Morgan fingerprint density at radius 1 is 1.43 bits per heavy atom. The lowest BCUT2D eigenvalue weighted by molar-refractivity contribution is -0.123. The van der Waals surface area contributed by atoms with E-state index in [2.05, 4.69) is 29.4 Å². The van der Waals surface area contributed by atoms with E-state index >= 15 is 0 Å². The molecule has 1 atom stereocenters. The van der Waals surface area contributed by atoms with Gasteiger partial charge in [0.05, 0.1) is 6.04 Å². The highest BCUT2D eigenvalue weighted by Gasteiger charge is 2.21. The second-order valence-electron chi connectivity index (χ2n) is 4.44. The third-order valence-corrected chi connectivity index (χ3v) is 2.73. The molecule has 0 heterocycles. The third kappa shape index (κ3) is 4.07. The predicted octanol–water partition coefficient (Wildman–Crippen LogP) is 0.0507. The van der Waals surface area contributed by atoms with Gasteiger partial charge in [-0.1, -0.05) is 0 Å². The summed E-state index contributed by atoms with van der Waals surface area (Å²) in [5.74, 6) is 0.0439. The standard InChI is InChI=1S/C10H23N3O/c1-8(11-4)9(14)12-7-10(2,3)13(5)6/h8,11H,7H2,1-6H3,(H,12,14). The van der Waals surface area contributed by atoms with Gasteiger partial charge in [0.25, 0.3) is 0 Å². The zero-order valence-electron chi connectivity index (χ0n) is 10.1. The molecule has 4 nitrogen and oxygen atoms in total. The monoisotopic (exact) mass is 201 g/mol. The SMILES string of the molecule is CNC(C)C(=O)NCC(C)(C)N(C)C. The molecule has 4 heteroatoms. The van der Waals surface area contributed by atoms with E-state index in [0.29, 0.717) is 6.54 Å². The molecule has 0 rings (SSSR count). The summed E-state index contributed by atoms with van der Waals surface area (Å²) in [5.41, 5.74) is -0.0108. The van der Waals surface area contributed by atoms with Gasteiger partial charge in [-0.3, -0.25) is 4.79 Å². The molecule has 0 aromatic rings. The fraction of sp³-hybridized carbons (Fsp3) is 0.900. The second kappa shape index (κ2) is 5.32. The van der Waals surface area contributed by atoms with Gasteiger partial charge in [-0.05, 0) is 41.9 Å². The number of nitrogens with zero attached hydrogens (tertiary/aromatic N) is 1. The van der Waals surface area contributed by atoms with E-state index < -0.39 is 0 Å². The molecule has 0 spiro atoms. The number of hydrogen-bond donors (Lipinski definition) is 2. The van der Waals surface area contributed by atoms with Gasteiger partial charge in [-0.25, -0.2) is 0 Å². The molecule has 0 aromatic heterocycles. The highest BCUT2D eigenvalue weighted by Crippen LogP contribution is 2.07. The summed E-state index contributed by atoms with van der Waals surface area (Å²) in [7, 11) is 5.79. The number of nitrogens with one attached hydrogen (secondary N) is 2.